The van der Waals surface area contributed by atoms with Crippen molar-refractivity contribution in [1.82, 2.24) is 0 Å². The van der Waals surface area contributed by atoms with Crippen LogP contribution in [0, 0.1) is 0 Å². The zero-order chi connectivity index (χ0) is 19.2. The first-order chi connectivity index (χ1) is 13.8. The SMILES string of the molecule is COc1ccccc1N=[As](c1ccccc1)(c1ccccc1)c1ccccc1. The van der Waals surface area contributed by atoms with Gasteiger partial charge in [0.25, 0.3) is 0 Å². The number of hydrogen-bond acceptors (Lipinski definition) is 2. The molecule has 4 aromatic carbocycles. The van der Waals surface area contributed by atoms with Crippen LogP contribution in [0.4, 0.5) is 5.69 Å². The maximum absolute atomic E-state index is 5.63. The summed E-state index contributed by atoms with van der Waals surface area (Å²) in [7, 11) is 1.70. The third-order valence-corrected chi connectivity index (χ3v) is 12.4. The maximum atomic E-state index is 5.63. The van der Waals surface area contributed by atoms with E-state index in [1.54, 1.807) is 7.11 Å². The Kier molecular flexibility index (Phi) is 5.50. The van der Waals surface area contributed by atoms with Gasteiger partial charge in [0.15, 0.2) is 0 Å². The van der Waals surface area contributed by atoms with Gasteiger partial charge >= 0.3 is 169 Å². The molecule has 0 unspecified atom stereocenters. The number of ether oxygens (including phenoxy) is 1. The number of para-hydroxylation sites is 1. The second kappa shape index (κ2) is 8.37. The monoisotopic (exact) mass is 427 g/mol. The minimum atomic E-state index is -3.14. The summed E-state index contributed by atoms with van der Waals surface area (Å²) in [5.41, 5.74) is 0.897. The fraction of sp³-hybridized carbons (Fsp3) is 0.0400. The molecule has 0 aliphatic carbocycles. The van der Waals surface area contributed by atoms with Crippen molar-refractivity contribution in [2.75, 3.05) is 7.11 Å². The number of hydrogen-bond donors (Lipinski definition) is 0. The summed E-state index contributed by atoms with van der Waals surface area (Å²) in [6.07, 6.45) is 0. The molecule has 0 atom stereocenters. The molecule has 2 nitrogen and oxygen atoms in total. The first-order valence-corrected chi connectivity index (χ1v) is 12.9. The Morgan fingerprint density at radius 1 is 0.536 bits per heavy atom. The van der Waals surface area contributed by atoms with Gasteiger partial charge in [-0.3, -0.25) is 0 Å². The zero-order valence-electron chi connectivity index (χ0n) is 15.8. The molecule has 4 rings (SSSR count). The normalized spacial score (nSPS) is 11.0. The van der Waals surface area contributed by atoms with Crippen molar-refractivity contribution in [1.29, 1.82) is 0 Å². The predicted molar refractivity (Wildman–Crippen MR) is 119 cm³/mol. The number of nitrogens with zero attached hydrogens (tertiary/aromatic N) is 1. The van der Waals surface area contributed by atoms with Crippen molar-refractivity contribution in [3.8, 4) is 5.75 Å². The van der Waals surface area contributed by atoms with Gasteiger partial charge < -0.3 is 0 Å². The van der Waals surface area contributed by atoms with E-state index in [0.29, 0.717) is 0 Å². The van der Waals surface area contributed by atoms with E-state index in [2.05, 4.69) is 91.0 Å². The third-order valence-electron chi connectivity index (χ3n) is 4.73. The topological polar surface area (TPSA) is 21.6 Å². The summed E-state index contributed by atoms with van der Waals surface area (Å²) in [5, 5.41) is 0. The molecule has 0 N–H and O–H groups in total. The second-order valence-corrected chi connectivity index (χ2v) is 12.8. The zero-order valence-corrected chi connectivity index (χ0v) is 17.6. The van der Waals surface area contributed by atoms with Gasteiger partial charge in [0.05, 0.1) is 0 Å². The molecule has 4 aromatic rings. The van der Waals surface area contributed by atoms with Crippen LogP contribution in [0.1, 0.15) is 0 Å². The van der Waals surface area contributed by atoms with Crippen LogP contribution in [0.3, 0.4) is 0 Å². The van der Waals surface area contributed by atoms with Crippen LogP contribution in [-0.4, -0.2) is 20.5 Å². The van der Waals surface area contributed by atoms with Gasteiger partial charge in [-0.2, -0.15) is 0 Å². The first-order valence-electron chi connectivity index (χ1n) is 9.27. The molecule has 0 saturated heterocycles. The van der Waals surface area contributed by atoms with E-state index in [1.165, 1.54) is 13.1 Å². The van der Waals surface area contributed by atoms with Gasteiger partial charge in [0, 0.05) is 0 Å². The molecule has 138 valence electrons. The van der Waals surface area contributed by atoms with Crippen molar-refractivity contribution in [2.24, 2.45) is 3.86 Å². The first kappa shape index (κ1) is 18.4. The van der Waals surface area contributed by atoms with Crippen molar-refractivity contribution < 1.29 is 4.74 Å². The molecule has 0 amide bonds. The molecule has 0 saturated carbocycles. The Labute approximate surface area is 168 Å². The van der Waals surface area contributed by atoms with Gasteiger partial charge in [0.1, 0.15) is 0 Å². The fourth-order valence-corrected chi connectivity index (χ4v) is 10.9. The van der Waals surface area contributed by atoms with E-state index in [0.717, 1.165) is 11.4 Å². The molecule has 0 spiro atoms. The van der Waals surface area contributed by atoms with Crippen LogP contribution in [0.2, 0.25) is 0 Å². The molecule has 0 radical (unpaired) electrons. The molecule has 0 heterocycles. The summed E-state index contributed by atoms with van der Waals surface area (Å²) >= 11 is -3.14. The van der Waals surface area contributed by atoms with Crippen molar-refractivity contribution >= 4 is 32.1 Å². The van der Waals surface area contributed by atoms with Gasteiger partial charge in [-0.15, -0.1) is 0 Å². The van der Waals surface area contributed by atoms with Crippen molar-refractivity contribution in [3.05, 3.63) is 115 Å². The molecule has 0 bridgehead atoms. The van der Waals surface area contributed by atoms with Crippen LogP contribution in [0.15, 0.2) is 119 Å². The molecule has 3 heteroatoms. The summed E-state index contributed by atoms with van der Waals surface area (Å²) in [5.74, 6) is 0.802. The van der Waals surface area contributed by atoms with Crippen LogP contribution in [0.5, 0.6) is 5.75 Å². The van der Waals surface area contributed by atoms with Crippen LogP contribution in [-0.2, 0) is 0 Å². The minimum absolute atomic E-state index is 0.802. The average molecular weight is 427 g/mol. The number of benzene rings is 4. The average Bonchev–Trinajstić information content (AvgIpc) is 2.79. The van der Waals surface area contributed by atoms with Gasteiger partial charge in [-0.25, -0.2) is 0 Å². The van der Waals surface area contributed by atoms with Crippen molar-refractivity contribution in [3.63, 3.8) is 0 Å². The molecule has 0 fully saturated rings. The second-order valence-electron chi connectivity index (χ2n) is 6.41. The Bertz CT molecular complexity index is 990. The van der Waals surface area contributed by atoms with E-state index >= 15 is 0 Å². The van der Waals surface area contributed by atoms with E-state index in [-0.39, 0.29) is 0 Å². The van der Waals surface area contributed by atoms with Gasteiger partial charge in [-0.05, 0) is 0 Å². The fourth-order valence-electron chi connectivity index (χ4n) is 3.43. The molecular weight excluding hydrogens is 405 g/mol. The van der Waals surface area contributed by atoms with Crippen molar-refractivity contribution in [2.45, 2.75) is 0 Å². The Morgan fingerprint density at radius 2 is 0.929 bits per heavy atom. The summed E-state index contributed by atoms with van der Waals surface area (Å²) < 4.78 is 15.0. The van der Waals surface area contributed by atoms with E-state index in [9.17, 15) is 0 Å². The van der Waals surface area contributed by atoms with Crippen LogP contribution < -0.4 is 17.8 Å². The summed E-state index contributed by atoms with van der Waals surface area (Å²) in [6, 6.07) is 40.1. The van der Waals surface area contributed by atoms with Gasteiger partial charge in [-0.1, -0.05) is 0 Å². The Hall–Kier alpha value is -2.96. The molecule has 0 aliphatic heterocycles. The van der Waals surface area contributed by atoms with E-state index in [4.69, 9.17) is 8.60 Å². The standard InChI is InChI=1S/C25H22AsNO/c1-28-25-20-12-11-19-24(25)27-26(21-13-5-2-6-14-21,22-15-7-3-8-16-22)23-17-9-4-10-18-23/h2-20H,1H3. The summed E-state index contributed by atoms with van der Waals surface area (Å²) in [4.78, 5) is 0. The van der Waals surface area contributed by atoms with E-state index < -0.39 is 13.4 Å². The van der Waals surface area contributed by atoms with Crippen LogP contribution >= 0.6 is 0 Å². The van der Waals surface area contributed by atoms with Gasteiger partial charge in [0.2, 0.25) is 0 Å². The molecule has 0 aliphatic rings. The van der Waals surface area contributed by atoms with Crippen LogP contribution in [0.25, 0.3) is 0 Å². The number of rotatable bonds is 5. The molecular formula is C25H22AsNO. The molecule has 28 heavy (non-hydrogen) atoms. The predicted octanol–water partition coefficient (Wildman–Crippen LogP) is 4.26. The Morgan fingerprint density at radius 3 is 1.36 bits per heavy atom. The van der Waals surface area contributed by atoms with E-state index in [1.807, 2.05) is 24.3 Å². The number of methoxy groups -OCH3 is 1. The quantitative estimate of drug-likeness (QED) is 0.436. The Balaban J connectivity index is 2.15. The molecule has 0 aromatic heterocycles. The summed E-state index contributed by atoms with van der Waals surface area (Å²) in [6.45, 7) is 0. The third kappa shape index (κ3) is 3.44.